The van der Waals surface area contributed by atoms with Crippen LogP contribution in [0, 0.1) is 17.1 Å². The highest BCUT2D eigenvalue weighted by atomic mass is 19.1. The third-order valence-electron chi connectivity index (χ3n) is 4.27. The Bertz CT molecular complexity index is 853. The molecule has 0 aliphatic carbocycles. The number of benzene rings is 1. The van der Waals surface area contributed by atoms with Gasteiger partial charge in [-0.3, -0.25) is 4.68 Å². The summed E-state index contributed by atoms with van der Waals surface area (Å²) in [7, 11) is 0. The SMILES string of the molecule is CCOC(=O)c1nn(Cc2ccc(F)c(C#N)c2)c2c1CNCC2C. The average molecular weight is 342 g/mol. The van der Waals surface area contributed by atoms with Crippen LogP contribution in [0.2, 0.25) is 0 Å². The van der Waals surface area contributed by atoms with Crippen molar-refractivity contribution in [2.75, 3.05) is 13.2 Å². The van der Waals surface area contributed by atoms with Crippen LogP contribution < -0.4 is 5.32 Å². The number of ether oxygens (including phenoxy) is 1. The minimum atomic E-state index is -0.543. The zero-order chi connectivity index (χ0) is 18.0. The molecule has 1 atom stereocenters. The number of carbonyl (C=O) groups excluding carboxylic acids is 1. The molecular weight excluding hydrogens is 323 g/mol. The molecule has 1 aliphatic heterocycles. The third-order valence-corrected chi connectivity index (χ3v) is 4.27. The number of hydrogen-bond acceptors (Lipinski definition) is 5. The quantitative estimate of drug-likeness (QED) is 0.863. The molecule has 0 saturated heterocycles. The molecule has 6 nitrogen and oxygen atoms in total. The van der Waals surface area contributed by atoms with Gasteiger partial charge in [0.1, 0.15) is 11.9 Å². The molecular formula is C18H19FN4O2. The molecule has 1 unspecified atom stereocenters. The average Bonchev–Trinajstić information content (AvgIpc) is 2.97. The summed E-state index contributed by atoms with van der Waals surface area (Å²) in [5.74, 6) is -0.806. The lowest BCUT2D eigenvalue weighted by molar-refractivity contribution is 0.0517. The van der Waals surface area contributed by atoms with Gasteiger partial charge in [0.25, 0.3) is 0 Å². The first-order chi connectivity index (χ1) is 12.0. The number of nitriles is 1. The minimum Gasteiger partial charge on any atom is -0.461 e. The topological polar surface area (TPSA) is 79.9 Å². The Morgan fingerprint density at radius 3 is 3.08 bits per heavy atom. The largest absolute Gasteiger partial charge is 0.461 e. The molecule has 1 aliphatic rings. The van der Waals surface area contributed by atoms with E-state index >= 15 is 0 Å². The molecule has 0 spiro atoms. The smallest absolute Gasteiger partial charge is 0.359 e. The van der Waals surface area contributed by atoms with E-state index in [0.717, 1.165) is 23.4 Å². The normalized spacial score (nSPS) is 16.2. The molecule has 7 heteroatoms. The predicted octanol–water partition coefficient (Wildman–Crippen LogP) is 2.33. The maximum Gasteiger partial charge on any atom is 0.359 e. The zero-order valence-corrected chi connectivity index (χ0v) is 14.2. The van der Waals surface area contributed by atoms with Crippen LogP contribution in [0.4, 0.5) is 4.39 Å². The zero-order valence-electron chi connectivity index (χ0n) is 14.2. The number of aromatic nitrogens is 2. The van der Waals surface area contributed by atoms with Crippen LogP contribution in [0.15, 0.2) is 18.2 Å². The number of nitrogens with zero attached hydrogens (tertiary/aromatic N) is 3. The lowest BCUT2D eigenvalue weighted by Crippen LogP contribution is -2.28. The number of carbonyl (C=O) groups is 1. The number of halogens is 1. The Kier molecular flexibility index (Phi) is 4.81. The molecule has 0 bridgehead atoms. The van der Waals surface area contributed by atoms with Gasteiger partial charge in [-0.15, -0.1) is 0 Å². The summed E-state index contributed by atoms with van der Waals surface area (Å²) in [5.41, 5.74) is 2.89. The molecule has 1 N–H and O–H groups in total. The highest BCUT2D eigenvalue weighted by molar-refractivity contribution is 5.89. The molecule has 130 valence electrons. The van der Waals surface area contributed by atoms with E-state index in [4.69, 9.17) is 10.00 Å². The number of nitrogens with one attached hydrogen (secondary N) is 1. The maximum atomic E-state index is 13.5. The van der Waals surface area contributed by atoms with Gasteiger partial charge >= 0.3 is 5.97 Å². The molecule has 0 fully saturated rings. The Balaban J connectivity index is 2.01. The van der Waals surface area contributed by atoms with Gasteiger partial charge in [-0.25, -0.2) is 9.18 Å². The summed E-state index contributed by atoms with van der Waals surface area (Å²) in [5, 5.41) is 16.7. The minimum absolute atomic E-state index is 0.00106. The van der Waals surface area contributed by atoms with Gasteiger partial charge in [-0.05, 0) is 24.6 Å². The van der Waals surface area contributed by atoms with Crippen LogP contribution in [0.1, 0.15) is 52.6 Å². The highest BCUT2D eigenvalue weighted by Crippen LogP contribution is 2.28. The first-order valence-electron chi connectivity index (χ1n) is 8.21. The lowest BCUT2D eigenvalue weighted by Gasteiger charge is -2.22. The fourth-order valence-corrected chi connectivity index (χ4v) is 3.16. The Morgan fingerprint density at radius 2 is 2.36 bits per heavy atom. The van der Waals surface area contributed by atoms with E-state index in [-0.39, 0.29) is 18.1 Å². The fraction of sp³-hybridized carbons (Fsp3) is 0.389. The number of fused-ring (bicyclic) bond motifs is 1. The van der Waals surface area contributed by atoms with Gasteiger partial charge < -0.3 is 10.1 Å². The van der Waals surface area contributed by atoms with E-state index in [9.17, 15) is 9.18 Å². The molecule has 0 saturated carbocycles. The number of hydrogen-bond donors (Lipinski definition) is 1. The van der Waals surface area contributed by atoms with Crippen molar-refractivity contribution in [1.82, 2.24) is 15.1 Å². The molecule has 2 aromatic rings. The van der Waals surface area contributed by atoms with Crippen molar-refractivity contribution >= 4 is 5.97 Å². The van der Waals surface area contributed by atoms with E-state index < -0.39 is 11.8 Å². The first kappa shape index (κ1) is 17.1. The third kappa shape index (κ3) is 3.26. The summed E-state index contributed by atoms with van der Waals surface area (Å²) in [4.78, 5) is 12.2. The van der Waals surface area contributed by atoms with Gasteiger partial charge in [0.2, 0.25) is 0 Å². The molecule has 3 rings (SSSR count). The predicted molar refractivity (Wildman–Crippen MR) is 88.5 cm³/mol. The van der Waals surface area contributed by atoms with E-state index in [2.05, 4.69) is 17.3 Å². The summed E-state index contributed by atoms with van der Waals surface area (Å²) in [6.07, 6.45) is 0. The second kappa shape index (κ2) is 7.03. The van der Waals surface area contributed by atoms with E-state index in [1.54, 1.807) is 17.7 Å². The molecule has 0 amide bonds. The molecule has 0 radical (unpaired) electrons. The van der Waals surface area contributed by atoms with Gasteiger partial charge in [0.15, 0.2) is 5.69 Å². The summed E-state index contributed by atoms with van der Waals surface area (Å²) in [6.45, 7) is 5.80. The van der Waals surface area contributed by atoms with Crippen LogP contribution in [0.25, 0.3) is 0 Å². The standard InChI is InChI=1S/C18H19FN4O2/c1-3-25-18(24)16-14-9-21-8-11(2)17(14)23(22-16)10-12-4-5-15(19)13(6-12)7-20/h4-6,11,21H,3,8-10H2,1-2H3. The number of esters is 1. The van der Waals surface area contributed by atoms with Crippen LogP contribution in [-0.4, -0.2) is 28.9 Å². The van der Waals surface area contributed by atoms with Crippen LogP contribution >= 0.6 is 0 Å². The summed E-state index contributed by atoms with van der Waals surface area (Å²) in [6, 6.07) is 6.26. The van der Waals surface area contributed by atoms with Crippen molar-refractivity contribution in [1.29, 1.82) is 5.26 Å². The van der Waals surface area contributed by atoms with Crippen molar-refractivity contribution in [2.24, 2.45) is 0 Å². The second-order valence-corrected chi connectivity index (χ2v) is 6.05. The second-order valence-electron chi connectivity index (χ2n) is 6.05. The van der Waals surface area contributed by atoms with Crippen molar-refractivity contribution in [3.8, 4) is 6.07 Å². The van der Waals surface area contributed by atoms with E-state index in [1.807, 2.05) is 6.07 Å². The Morgan fingerprint density at radius 1 is 1.56 bits per heavy atom. The van der Waals surface area contributed by atoms with Crippen molar-refractivity contribution in [3.63, 3.8) is 0 Å². The van der Waals surface area contributed by atoms with Crippen LogP contribution in [0.3, 0.4) is 0 Å². The van der Waals surface area contributed by atoms with E-state index in [0.29, 0.717) is 18.8 Å². The van der Waals surface area contributed by atoms with Gasteiger partial charge in [-0.2, -0.15) is 10.4 Å². The van der Waals surface area contributed by atoms with E-state index in [1.165, 1.54) is 12.1 Å². The summed E-state index contributed by atoms with van der Waals surface area (Å²) < 4.78 is 20.4. The molecule has 2 heterocycles. The molecule has 1 aromatic heterocycles. The molecule has 25 heavy (non-hydrogen) atoms. The van der Waals surface area contributed by atoms with Crippen molar-refractivity contribution in [3.05, 3.63) is 52.1 Å². The number of rotatable bonds is 4. The van der Waals surface area contributed by atoms with Gasteiger partial charge in [-0.1, -0.05) is 13.0 Å². The monoisotopic (exact) mass is 342 g/mol. The van der Waals surface area contributed by atoms with Crippen molar-refractivity contribution < 1.29 is 13.9 Å². The first-order valence-corrected chi connectivity index (χ1v) is 8.21. The Hall–Kier alpha value is -2.72. The molecule has 1 aromatic carbocycles. The maximum absolute atomic E-state index is 13.5. The summed E-state index contributed by atoms with van der Waals surface area (Å²) >= 11 is 0. The van der Waals surface area contributed by atoms with Crippen LogP contribution in [0.5, 0.6) is 0 Å². The van der Waals surface area contributed by atoms with Crippen LogP contribution in [-0.2, 0) is 17.8 Å². The van der Waals surface area contributed by atoms with Gasteiger partial charge in [0.05, 0.1) is 18.7 Å². The van der Waals surface area contributed by atoms with Gasteiger partial charge in [0, 0.05) is 30.3 Å². The fourth-order valence-electron chi connectivity index (χ4n) is 3.16. The Labute approximate surface area is 145 Å². The van der Waals surface area contributed by atoms with Crippen molar-refractivity contribution in [2.45, 2.75) is 32.9 Å². The highest BCUT2D eigenvalue weighted by Gasteiger charge is 2.29. The lowest BCUT2D eigenvalue weighted by atomic mass is 9.97.